The molecular formula is C20H28BN3O4. The van der Waals surface area contributed by atoms with E-state index in [1.54, 1.807) is 27.0 Å². The molecule has 0 aliphatic carbocycles. The third-order valence-corrected chi connectivity index (χ3v) is 3.69. The Morgan fingerprint density at radius 2 is 1.86 bits per heavy atom. The third kappa shape index (κ3) is 7.03. The van der Waals surface area contributed by atoms with Gasteiger partial charge in [0.1, 0.15) is 30.7 Å². The van der Waals surface area contributed by atoms with Gasteiger partial charge in [0.05, 0.1) is 12.1 Å². The third-order valence-electron chi connectivity index (χ3n) is 3.69. The molecule has 1 aromatic heterocycles. The fourth-order valence-electron chi connectivity index (χ4n) is 2.36. The monoisotopic (exact) mass is 385 g/mol. The van der Waals surface area contributed by atoms with Crippen molar-refractivity contribution >= 4 is 25.0 Å². The van der Waals surface area contributed by atoms with E-state index in [0.29, 0.717) is 17.9 Å². The highest BCUT2D eigenvalue weighted by atomic mass is 16.6. The molecule has 2 rings (SSSR count). The first-order valence-corrected chi connectivity index (χ1v) is 8.65. The Labute approximate surface area is 166 Å². The molecule has 1 aromatic carbocycles. The van der Waals surface area contributed by atoms with Gasteiger partial charge in [0, 0.05) is 5.56 Å². The number of nitrogens with zero attached hydrogens (tertiary/aromatic N) is 1. The van der Waals surface area contributed by atoms with Crippen LogP contribution < -0.4 is 5.46 Å². The molecule has 8 heteroatoms. The fraction of sp³-hybridized carbons (Fsp3) is 0.350. The molecule has 0 amide bonds. The highest BCUT2D eigenvalue weighted by Crippen LogP contribution is 2.20. The second-order valence-corrected chi connectivity index (χ2v) is 7.17. The van der Waals surface area contributed by atoms with Crippen LogP contribution in [0.15, 0.2) is 30.5 Å². The molecule has 2 aromatic rings. The van der Waals surface area contributed by atoms with Crippen LogP contribution in [-0.4, -0.2) is 46.0 Å². The van der Waals surface area contributed by atoms with E-state index in [-0.39, 0.29) is 16.7 Å². The Morgan fingerprint density at radius 3 is 2.39 bits per heavy atom. The van der Waals surface area contributed by atoms with Crippen LogP contribution in [0.4, 0.5) is 0 Å². The standard InChI is InChI=1S/C20H24BN3O2.2H2O/c1-5-16(17(22)19(25)26-20(2,3)4)18-23-12-15(24-18)11-8-13-6-9-14(21)10-7-13;;/h6-7,9-10,12,16,22H,5,21H2,1-4H3,(H,23,24);2*1H2/t16-;;/m0../s1. The van der Waals surface area contributed by atoms with Gasteiger partial charge in [-0.3, -0.25) is 5.41 Å². The summed E-state index contributed by atoms with van der Waals surface area (Å²) in [7, 11) is 2.03. The SMILES string of the molecule is Bc1ccc(C#Cc2cnc([C@@H](CC)C(=N)C(=O)OC(C)(C)C)[nH]2)cc1.O.O. The van der Waals surface area contributed by atoms with E-state index in [4.69, 9.17) is 10.1 Å². The van der Waals surface area contributed by atoms with Crippen LogP contribution in [0.2, 0.25) is 0 Å². The van der Waals surface area contributed by atoms with Crippen molar-refractivity contribution in [2.24, 2.45) is 0 Å². The zero-order valence-corrected chi connectivity index (χ0v) is 16.9. The molecule has 1 atom stereocenters. The van der Waals surface area contributed by atoms with Crippen molar-refractivity contribution < 1.29 is 20.5 Å². The Kier molecular flexibility index (Phi) is 9.37. The summed E-state index contributed by atoms with van der Waals surface area (Å²) in [5.41, 5.74) is 2.02. The van der Waals surface area contributed by atoms with Crippen LogP contribution in [0.25, 0.3) is 0 Å². The van der Waals surface area contributed by atoms with Gasteiger partial charge in [-0.15, -0.1) is 0 Å². The summed E-state index contributed by atoms with van der Waals surface area (Å²) in [4.78, 5) is 19.6. The van der Waals surface area contributed by atoms with Gasteiger partial charge in [0.2, 0.25) is 0 Å². The molecule has 150 valence electrons. The van der Waals surface area contributed by atoms with Crippen LogP contribution in [0.5, 0.6) is 0 Å². The molecule has 0 aliphatic heterocycles. The smallest absolute Gasteiger partial charge is 0.353 e. The number of benzene rings is 1. The van der Waals surface area contributed by atoms with Crippen molar-refractivity contribution in [2.45, 2.75) is 45.6 Å². The van der Waals surface area contributed by atoms with Crippen molar-refractivity contribution in [3.05, 3.63) is 47.5 Å². The van der Waals surface area contributed by atoms with E-state index >= 15 is 0 Å². The number of hydrogen-bond acceptors (Lipinski definition) is 4. The molecule has 0 unspecified atom stereocenters. The molecule has 0 radical (unpaired) electrons. The van der Waals surface area contributed by atoms with Crippen LogP contribution in [0.1, 0.15) is 57.1 Å². The number of esters is 1. The predicted octanol–water partition coefficient (Wildman–Crippen LogP) is 0.274. The normalized spacial score (nSPS) is 11.1. The number of hydrogen-bond donors (Lipinski definition) is 2. The van der Waals surface area contributed by atoms with E-state index in [1.165, 1.54) is 5.46 Å². The molecule has 6 N–H and O–H groups in total. The molecule has 0 aliphatic rings. The number of aromatic amines is 1. The minimum Gasteiger partial charge on any atom is -0.455 e. The van der Waals surface area contributed by atoms with E-state index in [0.717, 1.165) is 5.56 Å². The Morgan fingerprint density at radius 1 is 1.25 bits per heavy atom. The second-order valence-electron chi connectivity index (χ2n) is 7.17. The number of carbonyl (C=O) groups is 1. The van der Waals surface area contributed by atoms with Crippen LogP contribution in [0, 0.1) is 17.3 Å². The number of carbonyl (C=O) groups excluding carboxylic acids is 1. The van der Waals surface area contributed by atoms with Gasteiger partial charge in [0.15, 0.2) is 0 Å². The average molecular weight is 385 g/mol. The molecular weight excluding hydrogens is 357 g/mol. The Bertz CT molecular complexity index is 858. The number of rotatable bonds is 4. The van der Waals surface area contributed by atoms with Gasteiger partial charge >= 0.3 is 5.97 Å². The van der Waals surface area contributed by atoms with Gasteiger partial charge in [-0.2, -0.15) is 0 Å². The van der Waals surface area contributed by atoms with Crippen LogP contribution in [0.3, 0.4) is 0 Å². The first-order chi connectivity index (χ1) is 12.2. The average Bonchev–Trinajstić information content (AvgIpc) is 3.02. The Hall–Kier alpha value is -2.89. The first kappa shape index (κ1) is 25.1. The molecule has 0 saturated heterocycles. The second kappa shape index (κ2) is 10.4. The van der Waals surface area contributed by atoms with Crippen molar-refractivity contribution in [1.82, 2.24) is 9.97 Å². The molecule has 28 heavy (non-hydrogen) atoms. The summed E-state index contributed by atoms with van der Waals surface area (Å²) >= 11 is 0. The molecule has 1 heterocycles. The lowest BCUT2D eigenvalue weighted by molar-refractivity contribution is -0.146. The molecule has 7 nitrogen and oxygen atoms in total. The topological polar surface area (TPSA) is 142 Å². The summed E-state index contributed by atoms with van der Waals surface area (Å²) in [5, 5.41) is 8.16. The van der Waals surface area contributed by atoms with Crippen LogP contribution >= 0.6 is 0 Å². The van der Waals surface area contributed by atoms with Gasteiger partial charge in [0.25, 0.3) is 0 Å². The summed E-state index contributed by atoms with van der Waals surface area (Å²) in [6.45, 7) is 7.25. The van der Waals surface area contributed by atoms with Crippen molar-refractivity contribution in [3.8, 4) is 11.8 Å². The lowest BCUT2D eigenvalue weighted by Crippen LogP contribution is -2.31. The number of aromatic nitrogens is 2. The predicted molar refractivity (Wildman–Crippen MR) is 113 cm³/mol. The zero-order valence-electron chi connectivity index (χ0n) is 16.9. The number of ether oxygens (including phenoxy) is 1. The van der Waals surface area contributed by atoms with Crippen molar-refractivity contribution in [3.63, 3.8) is 0 Å². The number of nitrogens with one attached hydrogen (secondary N) is 2. The number of imidazole rings is 1. The largest absolute Gasteiger partial charge is 0.455 e. The van der Waals surface area contributed by atoms with Crippen LogP contribution in [-0.2, 0) is 9.53 Å². The highest BCUT2D eigenvalue weighted by Gasteiger charge is 2.28. The summed E-state index contributed by atoms with van der Waals surface area (Å²) in [5.74, 6) is 5.60. The van der Waals surface area contributed by atoms with Crippen molar-refractivity contribution in [2.75, 3.05) is 0 Å². The van der Waals surface area contributed by atoms with E-state index in [9.17, 15) is 4.79 Å². The number of H-pyrrole nitrogens is 1. The molecule has 0 saturated carbocycles. The van der Waals surface area contributed by atoms with E-state index in [1.807, 2.05) is 39.0 Å². The van der Waals surface area contributed by atoms with Gasteiger partial charge in [-0.25, -0.2) is 9.78 Å². The lowest BCUT2D eigenvalue weighted by Gasteiger charge is -2.21. The minimum atomic E-state index is -0.629. The Balaban J connectivity index is 0.00000364. The highest BCUT2D eigenvalue weighted by molar-refractivity contribution is 6.37. The van der Waals surface area contributed by atoms with Gasteiger partial charge in [-0.05, 0) is 45.2 Å². The molecule has 0 spiro atoms. The maximum Gasteiger partial charge on any atom is 0.353 e. The fourth-order valence-corrected chi connectivity index (χ4v) is 2.36. The minimum absolute atomic E-state index is 0. The van der Waals surface area contributed by atoms with E-state index in [2.05, 4.69) is 21.8 Å². The lowest BCUT2D eigenvalue weighted by atomic mass is 9.95. The summed E-state index contributed by atoms with van der Waals surface area (Å²) in [6.07, 6.45) is 2.19. The van der Waals surface area contributed by atoms with Gasteiger partial charge in [-0.1, -0.05) is 30.4 Å². The van der Waals surface area contributed by atoms with Gasteiger partial charge < -0.3 is 20.7 Å². The van der Waals surface area contributed by atoms with Crippen molar-refractivity contribution in [1.29, 1.82) is 5.41 Å². The summed E-state index contributed by atoms with van der Waals surface area (Å²) in [6, 6.07) is 7.95. The van der Waals surface area contributed by atoms with E-state index < -0.39 is 17.5 Å². The maximum absolute atomic E-state index is 12.2. The quantitative estimate of drug-likeness (QED) is 0.338. The zero-order chi connectivity index (χ0) is 19.3. The molecule has 0 bridgehead atoms. The maximum atomic E-state index is 12.2. The summed E-state index contributed by atoms with van der Waals surface area (Å²) < 4.78 is 5.29. The molecule has 0 fully saturated rings. The first-order valence-electron chi connectivity index (χ1n) is 8.65.